The van der Waals surface area contributed by atoms with E-state index in [1.807, 2.05) is 60.0 Å². The van der Waals surface area contributed by atoms with Crippen molar-refractivity contribution in [3.8, 4) is 44.9 Å². The summed E-state index contributed by atoms with van der Waals surface area (Å²) in [5, 5.41) is 14.2. The number of nitrogens with zero attached hydrogens (tertiary/aromatic N) is 4. The number of ether oxygens (including phenoxy) is 3. The van der Waals surface area contributed by atoms with Crippen LogP contribution in [0.3, 0.4) is 0 Å². The molecule has 1 N–H and O–H groups in total. The van der Waals surface area contributed by atoms with Crippen LogP contribution >= 0.6 is 11.3 Å². The summed E-state index contributed by atoms with van der Waals surface area (Å²) in [6.07, 6.45) is 0. The van der Waals surface area contributed by atoms with Gasteiger partial charge < -0.3 is 14.2 Å². The van der Waals surface area contributed by atoms with Crippen LogP contribution in [0.5, 0.6) is 17.2 Å². The van der Waals surface area contributed by atoms with Gasteiger partial charge in [-0.15, -0.1) is 21.6 Å². The number of thiazole rings is 1. The van der Waals surface area contributed by atoms with Crippen LogP contribution in [0.1, 0.15) is 0 Å². The first-order valence-corrected chi connectivity index (χ1v) is 12.1. The SMILES string of the molecule is COc1ccc(-c2csc(-n3[nH]c(-c4ccccc4)c(N=Nc4cc(OC)ccc4OC)c3=O)n2)cc1. The van der Waals surface area contributed by atoms with Gasteiger partial charge in [-0.25, -0.2) is 4.98 Å². The molecule has 0 atom stereocenters. The number of hydrogen-bond donors (Lipinski definition) is 1. The van der Waals surface area contributed by atoms with Gasteiger partial charge >= 0.3 is 5.56 Å². The van der Waals surface area contributed by atoms with Crippen molar-refractivity contribution in [1.82, 2.24) is 14.8 Å². The van der Waals surface area contributed by atoms with Crippen molar-refractivity contribution in [1.29, 1.82) is 0 Å². The van der Waals surface area contributed by atoms with Crippen LogP contribution in [0.4, 0.5) is 11.4 Å². The topological polar surface area (TPSA) is 103 Å². The van der Waals surface area contributed by atoms with Crippen LogP contribution in [0.25, 0.3) is 27.6 Å². The lowest BCUT2D eigenvalue weighted by molar-refractivity contribution is 0.404. The number of aromatic amines is 1. The highest BCUT2D eigenvalue weighted by molar-refractivity contribution is 7.12. The summed E-state index contributed by atoms with van der Waals surface area (Å²) in [6, 6.07) is 22.2. The number of H-pyrrole nitrogens is 1. The van der Waals surface area contributed by atoms with Gasteiger partial charge in [0.1, 0.15) is 22.9 Å². The lowest BCUT2D eigenvalue weighted by Gasteiger charge is -2.05. The van der Waals surface area contributed by atoms with Gasteiger partial charge in [0.05, 0.1) is 32.7 Å². The Morgan fingerprint density at radius 1 is 0.838 bits per heavy atom. The van der Waals surface area contributed by atoms with E-state index in [1.165, 1.54) is 16.0 Å². The molecule has 0 saturated heterocycles. The van der Waals surface area contributed by atoms with E-state index in [1.54, 1.807) is 39.5 Å². The van der Waals surface area contributed by atoms with Gasteiger partial charge in [0.2, 0.25) is 5.13 Å². The molecule has 0 aliphatic rings. The molecule has 2 heterocycles. The fraction of sp³-hybridized carbons (Fsp3) is 0.111. The average molecular weight is 514 g/mol. The molecule has 5 rings (SSSR count). The number of aromatic nitrogens is 3. The minimum Gasteiger partial charge on any atom is -0.497 e. The summed E-state index contributed by atoms with van der Waals surface area (Å²) in [5.74, 6) is 1.86. The van der Waals surface area contributed by atoms with Crippen LogP contribution in [0.15, 0.2) is 93.2 Å². The molecule has 5 aromatic rings. The normalized spacial score (nSPS) is 11.1. The maximum atomic E-state index is 13.6. The average Bonchev–Trinajstić information content (AvgIpc) is 3.57. The molecule has 0 saturated carbocycles. The Balaban J connectivity index is 1.58. The van der Waals surface area contributed by atoms with Gasteiger partial charge in [0.25, 0.3) is 0 Å². The molecule has 0 amide bonds. The van der Waals surface area contributed by atoms with Crippen molar-refractivity contribution in [3.05, 3.63) is 88.5 Å². The summed E-state index contributed by atoms with van der Waals surface area (Å²) in [7, 11) is 4.73. The Morgan fingerprint density at radius 3 is 2.27 bits per heavy atom. The second-order valence-electron chi connectivity index (χ2n) is 7.82. The molecule has 10 heteroatoms. The zero-order valence-electron chi connectivity index (χ0n) is 20.3. The van der Waals surface area contributed by atoms with E-state index in [0.29, 0.717) is 28.0 Å². The third-order valence-electron chi connectivity index (χ3n) is 5.64. The molecule has 2 aromatic heterocycles. The van der Waals surface area contributed by atoms with E-state index in [0.717, 1.165) is 22.6 Å². The van der Waals surface area contributed by atoms with Gasteiger partial charge in [-0.2, -0.15) is 4.68 Å². The van der Waals surface area contributed by atoms with Crippen LogP contribution in [-0.4, -0.2) is 36.1 Å². The van der Waals surface area contributed by atoms with E-state index < -0.39 is 0 Å². The Morgan fingerprint density at radius 2 is 1.57 bits per heavy atom. The van der Waals surface area contributed by atoms with Gasteiger partial charge in [-0.1, -0.05) is 30.3 Å². The Hall–Kier alpha value is -4.70. The zero-order chi connectivity index (χ0) is 25.8. The van der Waals surface area contributed by atoms with Crippen molar-refractivity contribution in [2.45, 2.75) is 0 Å². The van der Waals surface area contributed by atoms with E-state index in [9.17, 15) is 4.79 Å². The monoisotopic (exact) mass is 513 g/mol. The van der Waals surface area contributed by atoms with Crippen molar-refractivity contribution in [2.24, 2.45) is 10.2 Å². The largest absolute Gasteiger partial charge is 0.497 e. The fourth-order valence-corrected chi connectivity index (χ4v) is 4.49. The minimum absolute atomic E-state index is 0.150. The first-order valence-electron chi connectivity index (χ1n) is 11.3. The van der Waals surface area contributed by atoms with Crippen molar-refractivity contribution >= 4 is 22.7 Å². The predicted molar refractivity (Wildman–Crippen MR) is 143 cm³/mol. The van der Waals surface area contributed by atoms with Crippen LogP contribution in [0.2, 0.25) is 0 Å². The Kier molecular flexibility index (Phi) is 6.82. The molecular formula is C27H23N5O4S. The molecule has 0 radical (unpaired) electrons. The zero-order valence-corrected chi connectivity index (χ0v) is 21.2. The highest BCUT2D eigenvalue weighted by atomic mass is 32.1. The summed E-state index contributed by atoms with van der Waals surface area (Å²) in [6.45, 7) is 0. The molecule has 0 fully saturated rings. The predicted octanol–water partition coefficient (Wildman–Crippen LogP) is 6.40. The van der Waals surface area contributed by atoms with Gasteiger partial charge in [-0.3, -0.25) is 9.89 Å². The first-order chi connectivity index (χ1) is 18.1. The quantitative estimate of drug-likeness (QED) is 0.242. The lowest BCUT2D eigenvalue weighted by Crippen LogP contribution is -2.13. The molecule has 0 spiro atoms. The van der Waals surface area contributed by atoms with Crippen LogP contribution in [0, 0.1) is 0 Å². The first kappa shape index (κ1) is 24.0. The second-order valence-corrected chi connectivity index (χ2v) is 8.66. The second kappa shape index (κ2) is 10.5. The standard InChI is InChI=1S/C27H23N5O4S/c1-34-19-11-9-17(10-12-19)22-16-37-27(28-22)32-26(33)25(24(31-32)18-7-5-4-6-8-18)30-29-21-15-20(35-2)13-14-23(21)36-3/h4-16,31H,1-3H3. The molecule has 0 aliphatic heterocycles. The molecule has 0 unspecified atom stereocenters. The van der Waals surface area contributed by atoms with Crippen molar-refractivity contribution in [2.75, 3.05) is 21.3 Å². The third kappa shape index (κ3) is 4.87. The van der Waals surface area contributed by atoms with E-state index >= 15 is 0 Å². The van der Waals surface area contributed by atoms with Crippen LogP contribution in [-0.2, 0) is 0 Å². The van der Waals surface area contributed by atoms with E-state index in [-0.39, 0.29) is 11.2 Å². The summed E-state index contributed by atoms with van der Waals surface area (Å²) in [5.41, 5.74) is 3.18. The van der Waals surface area contributed by atoms with Gasteiger partial charge in [0, 0.05) is 22.6 Å². The smallest absolute Gasteiger partial charge is 0.301 e. The maximum absolute atomic E-state index is 13.6. The molecule has 9 nitrogen and oxygen atoms in total. The molecule has 3 aromatic carbocycles. The fourth-order valence-electron chi connectivity index (χ4n) is 3.70. The minimum atomic E-state index is -0.375. The number of rotatable bonds is 8. The molecule has 0 bridgehead atoms. The molecule has 0 aliphatic carbocycles. The molecule has 37 heavy (non-hydrogen) atoms. The Labute approximate surface area is 216 Å². The molecular weight excluding hydrogens is 490 g/mol. The number of azo groups is 1. The number of benzene rings is 3. The number of methoxy groups -OCH3 is 3. The lowest BCUT2D eigenvalue weighted by atomic mass is 10.1. The van der Waals surface area contributed by atoms with E-state index in [2.05, 4.69) is 20.3 Å². The summed E-state index contributed by atoms with van der Waals surface area (Å²) in [4.78, 5) is 18.2. The molecule has 186 valence electrons. The van der Waals surface area contributed by atoms with Crippen LogP contribution < -0.4 is 19.8 Å². The number of nitrogens with one attached hydrogen (secondary N) is 1. The Bertz CT molecular complexity index is 1600. The van der Waals surface area contributed by atoms with Gasteiger partial charge in [-0.05, 0) is 36.4 Å². The van der Waals surface area contributed by atoms with E-state index in [4.69, 9.17) is 14.2 Å². The van der Waals surface area contributed by atoms with Crippen molar-refractivity contribution in [3.63, 3.8) is 0 Å². The highest BCUT2D eigenvalue weighted by Gasteiger charge is 2.19. The maximum Gasteiger partial charge on any atom is 0.301 e. The van der Waals surface area contributed by atoms with Crippen molar-refractivity contribution < 1.29 is 14.2 Å². The summed E-state index contributed by atoms with van der Waals surface area (Å²) >= 11 is 1.34. The summed E-state index contributed by atoms with van der Waals surface area (Å²) < 4.78 is 17.3. The third-order valence-corrected chi connectivity index (χ3v) is 6.47. The highest BCUT2D eigenvalue weighted by Crippen LogP contribution is 2.34. The van der Waals surface area contributed by atoms with Gasteiger partial charge in [0.15, 0.2) is 5.69 Å². The number of hydrogen-bond acceptors (Lipinski definition) is 8.